The van der Waals surface area contributed by atoms with Gasteiger partial charge in [0.25, 0.3) is 17.1 Å². The van der Waals surface area contributed by atoms with Gasteiger partial charge in [0.05, 0.1) is 17.7 Å². The zero-order valence-electron chi connectivity index (χ0n) is 20.5. The van der Waals surface area contributed by atoms with Crippen LogP contribution in [0.1, 0.15) is 30.9 Å². The molecular formula is C28H25ClN2O5S. The molecule has 37 heavy (non-hydrogen) atoms. The molecule has 0 aliphatic carbocycles. The third-order valence-electron chi connectivity index (χ3n) is 5.58. The number of nitrogens with one attached hydrogen (secondary N) is 1. The van der Waals surface area contributed by atoms with E-state index < -0.39 is 11.1 Å². The Morgan fingerprint density at radius 2 is 1.78 bits per heavy atom. The van der Waals surface area contributed by atoms with Crippen molar-refractivity contribution in [2.75, 3.05) is 23.9 Å². The smallest absolute Gasteiger partial charge is 0.298 e. The van der Waals surface area contributed by atoms with Crippen molar-refractivity contribution >= 4 is 57.9 Å². The SMILES string of the molecule is COc1cc(/C=C2/SC(=O)N(c3ccc(Cl)cc3)C2=O)ccc1OCC(=O)Nc1ccccc1C(C)C. The highest BCUT2D eigenvalue weighted by Crippen LogP contribution is 2.37. The summed E-state index contributed by atoms with van der Waals surface area (Å²) in [6, 6.07) is 19.2. The third-order valence-corrected chi connectivity index (χ3v) is 6.70. The van der Waals surface area contributed by atoms with Crippen molar-refractivity contribution in [1.29, 1.82) is 0 Å². The molecule has 0 saturated carbocycles. The second kappa shape index (κ2) is 11.5. The van der Waals surface area contributed by atoms with Gasteiger partial charge >= 0.3 is 0 Å². The molecule has 1 aliphatic heterocycles. The Morgan fingerprint density at radius 3 is 2.49 bits per heavy atom. The normalized spacial score (nSPS) is 14.4. The molecule has 190 valence electrons. The topological polar surface area (TPSA) is 84.9 Å². The van der Waals surface area contributed by atoms with Gasteiger partial charge in [-0.1, -0.05) is 49.7 Å². The lowest BCUT2D eigenvalue weighted by atomic mass is 10.0. The van der Waals surface area contributed by atoms with E-state index in [4.69, 9.17) is 21.1 Å². The van der Waals surface area contributed by atoms with E-state index in [0.717, 1.165) is 27.9 Å². The number of ether oxygens (including phenoxy) is 2. The number of carbonyl (C=O) groups excluding carboxylic acids is 3. The van der Waals surface area contributed by atoms with Gasteiger partial charge in [-0.2, -0.15) is 0 Å². The number of halogens is 1. The van der Waals surface area contributed by atoms with Gasteiger partial charge < -0.3 is 14.8 Å². The van der Waals surface area contributed by atoms with Gasteiger partial charge in [0.15, 0.2) is 18.1 Å². The van der Waals surface area contributed by atoms with Crippen LogP contribution in [0.4, 0.5) is 16.2 Å². The molecule has 1 heterocycles. The van der Waals surface area contributed by atoms with Gasteiger partial charge in [0, 0.05) is 10.7 Å². The number of rotatable bonds is 8. The third kappa shape index (κ3) is 6.15. The largest absolute Gasteiger partial charge is 0.493 e. The molecule has 3 amide bonds. The number of carbonyl (C=O) groups is 3. The molecule has 0 aromatic heterocycles. The first-order valence-corrected chi connectivity index (χ1v) is 12.7. The van der Waals surface area contributed by atoms with E-state index in [0.29, 0.717) is 27.8 Å². The lowest BCUT2D eigenvalue weighted by molar-refractivity contribution is -0.118. The summed E-state index contributed by atoms with van der Waals surface area (Å²) >= 11 is 6.76. The van der Waals surface area contributed by atoms with E-state index in [2.05, 4.69) is 19.2 Å². The number of imide groups is 1. The lowest BCUT2D eigenvalue weighted by Crippen LogP contribution is -2.27. The highest BCUT2D eigenvalue weighted by atomic mass is 35.5. The molecule has 3 aromatic carbocycles. The van der Waals surface area contributed by atoms with E-state index in [1.807, 2.05) is 24.3 Å². The van der Waals surface area contributed by atoms with Crippen molar-refractivity contribution in [1.82, 2.24) is 0 Å². The van der Waals surface area contributed by atoms with Crippen LogP contribution in [-0.4, -0.2) is 30.8 Å². The summed E-state index contributed by atoms with van der Waals surface area (Å²) in [5.41, 5.74) is 2.88. The van der Waals surface area contributed by atoms with Gasteiger partial charge in [-0.25, -0.2) is 4.90 Å². The maximum Gasteiger partial charge on any atom is 0.298 e. The number of nitrogens with zero attached hydrogens (tertiary/aromatic N) is 1. The van der Waals surface area contributed by atoms with E-state index in [1.54, 1.807) is 48.5 Å². The molecule has 1 saturated heterocycles. The number of hydrogen-bond donors (Lipinski definition) is 1. The monoisotopic (exact) mass is 536 g/mol. The Kier molecular flexibility index (Phi) is 8.21. The number of hydrogen-bond acceptors (Lipinski definition) is 6. The maximum atomic E-state index is 12.9. The molecule has 0 radical (unpaired) electrons. The summed E-state index contributed by atoms with van der Waals surface area (Å²) in [6.45, 7) is 3.92. The van der Waals surface area contributed by atoms with E-state index >= 15 is 0 Å². The van der Waals surface area contributed by atoms with Crippen molar-refractivity contribution in [2.24, 2.45) is 0 Å². The highest BCUT2D eigenvalue weighted by molar-refractivity contribution is 8.19. The van der Waals surface area contributed by atoms with Crippen molar-refractivity contribution in [2.45, 2.75) is 19.8 Å². The summed E-state index contributed by atoms with van der Waals surface area (Å²) in [4.78, 5) is 39.3. The zero-order valence-corrected chi connectivity index (χ0v) is 22.1. The summed E-state index contributed by atoms with van der Waals surface area (Å²) in [5.74, 6) is 0.310. The minimum absolute atomic E-state index is 0.206. The fraction of sp³-hybridized carbons (Fsp3) is 0.179. The average Bonchev–Trinajstić information content (AvgIpc) is 3.16. The van der Waals surface area contributed by atoms with Crippen LogP contribution in [0.3, 0.4) is 0 Å². The maximum absolute atomic E-state index is 12.9. The fourth-order valence-electron chi connectivity index (χ4n) is 3.77. The standard InChI is InChI=1S/C28H25ClN2O5S/c1-17(2)21-6-4-5-7-22(21)30-26(32)16-36-23-13-8-18(14-24(23)35-3)15-25-27(33)31(28(34)37-25)20-11-9-19(29)10-12-20/h4-15,17H,16H2,1-3H3,(H,30,32)/b25-15+. The molecule has 1 aliphatic rings. The minimum atomic E-state index is -0.421. The van der Waals surface area contributed by atoms with Crippen LogP contribution in [-0.2, 0) is 9.59 Å². The Bertz CT molecular complexity index is 1370. The molecule has 1 fully saturated rings. The Labute approximate surface area is 224 Å². The minimum Gasteiger partial charge on any atom is -0.493 e. The molecule has 0 spiro atoms. The van der Waals surface area contributed by atoms with Crippen LogP contribution in [0, 0.1) is 0 Å². The van der Waals surface area contributed by atoms with Crippen LogP contribution in [0.15, 0.2) is 71.6 Å². The van der Waals surface area contributed by atoms with Crippen LogP contribution in [0.25, 0.3) is 6.08 Å². The first-order valence-electron chi connectivity index (χ1n) is 11.5. The number of benzene rings is 3. The molecular weight excluding hydrogens is 512 g/mol. The summed E-state index contributed by atoms with van der Waals surface area (Å²) in [7, 11) is 1.49. The zero-order chi connectivity index (χ0) is 26.5. The number of anilines is 2. The predicted octanol–water partition coefficient (Wildman–Crippen LogP) is 6.73. The first kappa shape index (κ1) is 26.3. The highest BCUT2D eigenvalue weighted by Gasteiger charge is 2.36. The molecule has 4 rings (SSSR count). The number of thioether (sulfide) groups is 1. The van der Waals surface area contributed by atoms with E-state index in [9.17, 15) is 14.4 Å². The number of para-hydroxylation sites is 1. The molecule has 3 aromatic rings. The van der Waals surface area contributed by atoms with Crippen LogP contribution in [0.5, 0.6) is 11.5 Å². The van der Waals surface area contributed by atoms with E-state index in [-0.39, 0.29) is 23.3 Å². The van der Waals surface area contributed by atoms with Crippen LogP contribution in [0.2, 0.25) is 5.02 Å². The Morgan fingerprint density at radius 1 is 1.05 bits per heavy atom. The molecule has 1 N–H and O–H groups in total. The van der Waals surface area contributed by atoms with Crippen LogP contribution < -0.4 is 19.7 Å². The lowest BCUT2D eigenvalue weighted by Gasteiger charge is -2.15. The van der Waals surface area contributed by atoms with Gasteiger partial charge in [-0.15, -0.1) is 0 Å². The predicted molar refractivity (Wildman–Crippen MR) is 148 cm³/mol. The molecule has 9 heteroatoms. The van der Waals surface area contributed by atoms with Gasteiger partial charge in [0.2, 0.25) is 0 Å². The van der Waals surface area contributed by atoms with Gasteiger partial charge in [-0.05, 0) is 77.3 Å². The Balaban J connectivity index is 1.45. The summed E-state index contributed by atoms with van der Waals surface area (Å²) in [5, 5.41) is 3.01. The quantitative estimate of drug-likeness (QED) is 0.321. The average molecular weight is 537 g/mol. The molecule has 0 atom stereocenters. The Hall–Kier alpha value is -3.75. The van der Waals surface area contributed by atoms with Crippen molar-refractivity contribution < 1.29 is 23.9 Å². The second-order valence-electron chi connectivity index (χ2n) is 8.48. The molecule has 7 nitrogen and oxygen atoms in total. The van der Waals surface area contributed by atoms with Gasteiger partial charge in [-0.3, -0.25) is 14.4 Å². The first-order chi connectivity index (χ1) is 17.8. The van der Waals surface area contributed by atoms with Crippen molar-refractivity contribution in [3.05, 3.63) is 87.8 Å². The molecule has 0 unspecified atom stereocenters. The number of methoxy groups -OCH3 is 1. The van der Waals surface area contributed by atoms with E-state index in [1.165, 1.54) is 7.11 Å². The number of amides is 3. The summed E-state index contributed by atoms with van der Waals surface area (Å²) < 4.78 is 11.1. The van der Waals surface area contributed by atoms with Crippen molar-refractivity contribution in [3.63, 3.8) is 0 Å². The summed E-state index contributed by atoms with van der Waals surface area (Å²) in [6.07, 6.45) is 1.61. The second-order valence-corrected chi connectivity index (χ2v) is 9.91. The van der Waals surface area contributed by atoms with Crippen molar-refractivity contribution in [3.8, 4) is 11.5 Å². The van der Waals surface area contributed by atoms with Crippen LogP contribution >= 0.6 is 23.4 Å². The fourth-order valence-corrected chi connectivity index (χ4v) is 4.74. The molecule has 0 bridgehead atoms. The van der Waals surface area contributed by atoms with Gasteiger partial charge in [0.1, 0.15) is 0 Å².